The van der Waals surface area contributed by atoms with Gasteiger partial charge in [-0.05, 0) is 36.6 Å². The SMILES string of the molecule is O=S1(=O)CCC2(CC1)CN2c1ccn2ncc(-c3cccc(C(F)(F)F)c3)c2n1. The summed E-state index contributed by atoms with van der Waals surface area (Å²) in [5.41, 5.74) is 0.475. The van der Waals surface area contributed by atoms with Gasteiger partial charge in [-0.25, -0.2) is 17.9 Å². The smallest absolute Gasteiger partial charge is 0.347 e. The lowest BCUT2D eigenvalue weighted by molar-refractivity contribution is -0.137. The summed E-state index contributed by atoms with van der Waals surface area (Å²) in [6.45, 7) is 0.735. The third kappa shape index (κ3) is 3.15. The summed E-state index contributed by atoms with van der Waals surface area (Å²) in [4.78, 5) is 6.72. The molecule has 1 spiro atoms. The van der Waals surface area contributed by atoms with Crippen LogP contribution >= 0.6 is 0 Å². The van der Waals surface area contributed by atoms with Gasteiger partial charge in [0.2, 0.25) is 0 Å². The molecule has 0 bridgehead atoms. The largest absolute Gasteiger partial charge is 0.416 e. The third-order valence-electron chi connectivity index (χ3n) is 5.81. The van der Waals surface area contributed by atoms with E-state index in [1.165, 1.54) is 16.8 Å². The first-order valence-corrected chi connectivity index (χ1v) is 11.0. The Morgan fingerprint density at radius 1 is 1.10 bits per heavy atom. The quantitative estimate of drug-likeness (QED) is 0.594. The Kier molecular flexibility index (Phi) is 3.77. The van der Waals surface area contributed by atoms with Crippen molar-refractivity contribution >= 4 is 21.3 Å². The van der Waals surface area contributed by atoms with Gasteiger partial charge in [-0.1, -0.05) is 12.1 Å². The number of hydrogen-bond donors (Lipinski definition) is 0. The maximum absolute atomic E-state index is 13.1. The van der Waals surface area contributed by atoms with E-state index >= 15 is 0 Å². The number of sulfone groups is 1. The summed E-state index contributed by atoms with van der Waals surface area (Å²) >= 11 is 0. The lowest BCUT2D eigenvalue weighted by Gasteiger charge is -2.22. The molecule has 6 nitrogen and oxygen atoms in total. The number of benzene rings is 1. The molecule has 0 unspecified atom stereocenters. The predicted molar refractivity (Wildman–Crippen MR) is 101 cm³/mol. The number of hydrogen-bond acceptors (Lipinski definition) is 5. The molecule has 0 N–H and O–H groups in total. The first-order chi connectivity index (χ1) is 13.7. The zero-order valence-electron chi connectivity index (χ0n) is 15.2. The van der Waals surface area contributed by atoms with Crippen LogP contribution in [0.1, 0.15) is 18.4 Å². The van der Waals surface area contributed by atoms with Gasteiger partial charge in [-0.3, -0.25) is 0 Å². The van der Waals surface area contributed by atoms with Gasteiger partial charge in [0.1, 0.15) is 5.82 Å². The second kappa shape index (κ2) is 5.94. The lowest BCUT2D eigenvalue weighted by atomic mass is 10.0. The number of alkyl halides is 3. The Bertz CT molecular complexity index is 1210. The van der Waals surface area contributed by atoms with Crippen molar-refractivity contribution in [3.63, 3.8) is 0 Å². The van der Waals surface area contributed by atoms with E-state index in [1.54, 1.807) is 18.3 Å². The van der Waals surface area contributed by atoms with Crippen molar-refractivity contribution in [2.75, 3.05) is 23.0 Å². The molecule has 0 aliphatic carbocycles. The van der Waals surface area contributed by atoms with E-state index in [0.29, 0.717) is 35.4 Å². The van der Waals surface area contributed by atoms with Gasteiger partial charge in [-0.15, -0.1) is 0 Å². The van der Waals surface area contributed by atoms with E-state index in [4.69, 9.17) is 0 Å². The Balaban J connectivity index is 1.50. The average Bonchev–Trinajstić information content (AvgIpc) is 3.23. The number of anilines is 1. The van der Waals surface area contributed by atoms with E-state index in [9.17, 15) is 21.6 Å². The van der Waals surface area contributed by atoms with Crippen molar-refractivity contribution in [1.29, 1.82) is 0 Å². The maximum atomic E-state index is 13.1. The molecule has 0 radical (unpaired) electrons. The van der Waals surface area contributed by atoms with Gasteiger partial charge < -0.3 is 4.90 Å². The van der Waals surface area contributed by atoms with Crippen molar-refractivity contribution < 1.29 is 21.6 Å². The monoisotopic (exact) mass is 422 g/mol. The number of halogens is 3. The Labute approximate surface area is 164 Å². The first kappa shape index (κ1) is 18.4. The van der Waals surface area contributed by atoms with Gasteiger partial charge >= 0.3 is 6.18 Å². The summed E-state index contributed by atoms with van der Waals surface area (Å²) in [6, 6.07) is 6.90. The lowest BCUT2D eigenvalue weighted by Crippen LogP contribution is -2.32. The van der Waals surface area contributed by atoms with Gasteiger partial charge in [0.15, 0.2) is 15.5 Å². The zero-order valence-corrected chi connectivity index (χ0v) is 16.0. The molecule has 10 heteroatoms. The highest BCUT2D eigenvalue weighted by molar-refractivity contribution is 7.91. The van der Waals surface area contributed by atoms with Crippen molar-refractivity contribution in [2.45, 2.75) is 24.6 Å². The highest BCUT2D eigenvalue weighted by Crippen LogP contribution is 2.45. The molecule has 0 atom stereocenters. The molecule has 5 rings (SSSR count). The van der Waals surface area contributed by atoms with Crippen LogP contribution in [0.4, 0.5) is 19.0 Å². The number of nitrogens with zero attached hydrogens (tertiary/aromatic N) is 4. The molecular formula is C19H17F3N4O2S. The average molecular weight is 422 g/mol. The van der Waals surface area contributed by atoms with E-state index in [1.807, 2.05) is 0 Å². The molecule has 2 saturated heterocycles. The molecule has 0 saturated carbocycles. The Morgan fingerprint density at radius 2 is 1.86 bits per heavy atom. The zero-order chi connectivity index (χ0) is 20.4. The first-order valence-electron chi connectivity index (χ1n) is 9.17. The summed E-state index contributed by atoms with van der Waals surface area (Å²) in [7, 11) is -2.96. The second-order valence-electron chi connectivity index (χ2n) is 7.65. The van der Waals surface area contributed by atoms with Crippen LogP contribution in [-0.4, -0.2) is 46.6 Å². The fourth-order valence-corrected chi connectivity index (χ4v) is 5.59. The van der Waals surface area contributed by atoms with E-state index in [2.05, 4.69) is 15.0 Å². The molecule has 2 aromatic heterocycles. The van der Waals surface area contributed by atoms with Crippen LogP contribution in [0, 0.1) is 0 Å². The van der Waals surface area contributed by atoms with Crippen molar-refractivity contribution in [3.8, 4) is 11.1 Å². The molecule has 4 heterocycles. The minimum absolute atomic E-state index is 0.174. The van der Waals surface area contributed by atoms with Crippen LogP contribution in [0.5, 0.6) is 0 Å². The third-order valence-corrected chi connectivity index (χ3v) is 7.46. The van der Waals surface area contributed by atoms with Crippen molar-refractivity contribution in [1.82, 2.24) is 14.6 Å². The van der Waals surface area contributed by atoms with Gasteiger partial charge in [0.25, 0.3) is 0 Å². The molecule has 3 aromatic rings. The van der Waals surface area contributed by atoms with E-state index in [-0.39, 0.29) is 17.0 Å². The van der Waals surface area contributed by atoms with Crippen LogP contribution in [0.3, 0.4) is 0 Å². The normalized spacial score (nSPS) is 20.3. The number of aromatic nitrogens is 3. The van der Waals surface area contributed by atoms with E-state index in [0.717, 1.165) is 18.7 Å². The van der Waals surface area contributed by atoms with Gasteiger partial charge in [-0.2, -0.15) is 18.3 Å². The summed E-state index contributed by atoms with van der Waals surface area (Å²) in [6.07, 6.45) is -0.0536. The van der Waals surface area contributed by atoms with Crippen molar-refractivity contribution in [3.05, 3.63) is 48.3 Å². The molecule has 152 valence electrons. The van der Waals surface area contributed by atoms with Crippen LogP contribution in [-0.2, 0) is 16.0 Å². The summed E-state index contributed by atoms with van der Waals surface area (Å²) in [5, 5.41) is 4.21. The predicted octanol–water partition coefficient (Wildman–Crippen LogP) is 3.18. The highest BCUT2D eigenvalue weighted by Gasteiger charge is 2.55. The molecule has 0 amide bonds. The highest BCUT2D eigenvalue weighted by atomic mass is 32.2. The van der Waals surface area contributed by atoms with Crippen LogP contribution in [0.25, 0.3) is 16.8 Å². The van der Waals surface area contributed by atoms with Crippen LogP contribution in [0.2, 0.25) is 0 Å². The second-order valence-corrected chi connectivity index (χ2v) is 9.96. The van der Waals surface area contributed by atoms with Gasteiger partial charge in [0.05, 0.1) is 28.8 Å². The Hall–Kier alpha value is -2.62. The molecule has 1 aromatic carbocycles. The minimum atomic E-state index is -4.43. The molecule has 2 aliphatic heterocycles. The topological polar surface area (TPSA) is 67.3 Å². The van der Waals surface area contributed by atoms with E-state index < -0.39 is 21.6 Å². The summed E-state index contributed by atoms with van der Waals surface area (Å²) < 4.78 is 64.2. The fraction of sp³-hybridized carbons (Fsp3) is 0.368. The number of fused-ring (bicyclic) bond motifs is 1. The van der Waals surface area contributed by atoms with Crippen molar-refractivity contribution in [2.24, 2.45) is 0 Å². The fourth-order valence-electron chi connectivity index (χ4n) is 4.01. The van der Waals surface area contributed by atoms with Gasteiger partial charge in [0, 0.05) is 18.3 Å². The standard InChI is InChI=1S/C19H17F3N4O2S/c20-19(21,22)14-3-1-2-13(10-14)15-11-23-26-7-4-16(24-17(15)26)25-12-18(25)5-8-29(27,28)9-6-18/h1-4,7,10-11H,5-6,8-9,12H2. The summed E-state index contributed by atoms with van der Waals surface area (Å²) in [5.74, 6) is 1.03. The number of rotatable bonds is 2. The maximum Gasteiger partial charge on any atom is 0.416 e. The molecule has 2 fully saturated rings. The molecular weight excluding hydrogens is 405 g/mol. The van der Waals surface area contributed by atoms with Crippen LogP contribution in [0.15, 0.2) is 42.7 Å². The minimum Gasteiger partial charge on any atom is -0.347 e. The Morgan fingerprint density at radius 3 is 2.59 bits per heavy atom. The molecule has 2 aliphatic rings. The molecule has 29 heavy (non-hydrogen) atoms. The van der Waals surface area contributed by atoms with Crippen LogP contribution < -0.4 is 4.90 Å².